The molecule has 2 heteroatoms. The highest BCUT2D eigenvalue weighted by atomic mass is 16.5. The van der Waals surface area contributed by atoms with Crippen molar-refractivity contribution >= 4 is 0 Å². The van der Waals surface area contributed by atoms with Crippen molar-refractivity contribution in [3.63, 3.8) is 0 Å². The zero-order chi connectivity index (χ0) is 7.23. The van der Waals surface area contributed by atoms with Gasteiger partial charge in [0, 0.05) is 6.54 Å². The van der Waals surface area contributed by atoms with E-state index in [0.717, 1.165) is 19.7 Å². The predicted octanol–water partition coefficient (Wildman–Crippen LogP) is 1.17. The first kappa shape index (κ1) is 8.02. The molecule has 2 nitrogen and oxygen atoms in total. The molecule has 0 aromatic rings. The quantitative estimate of drug-likeness (QED) is 0.626. The Morgan fingerprint density at radius 1 is 1.50 bits per heavy atom. The average Bonchev–Trinajstić information content (AvgIpc) is 2.17. The first-order valence-electron chi connectivity index (χ1n) is 4.26. The zero-order valence-electron chi connectivity index (χ0n) is 6.73. The fourth-order valence-corrected chi connectivity index (χ4v) is 1.32. The van der Waals surface area contributed by atoms with Crippen LogP contribution in [-0.4, -0.2) is 25.8 Å². The summed E-state index contributed by atoms with van der Waals surface area (Å²) in [4.78, 5) is 0. The van der Waals surface area contributed by atoms with Crippen molar-refractivity contribution in [2.24, 2.45) is 0 Å². The van der Waals surface area contributed by atoms with Crippen LogP contribution in [0.15, 0.2) is 0 Å². The Balaban J connectivity index is 2.15. The molecule has 1 rings (SSSR count). The van der Waals surface area contributed by atoms with E-state index in [2.05, 4.69) is 12.2 Å². The van der Waals surface area contributed by atoms with Crippen LogP contribution < -0.4 is 5.32 Å². The van der Waals surface area contributed by atoms with Crippen molar-refractivity contribution < 1.29 is 4.74 Å². The smallest absolute Gasteiger partial charge is 0.0594 e. The van der Waals surface area contributed by atoms with Gasteiger partial charge in [0.1, 0.15) is 0 Å². The van der Waals surface area contributed by atoms with Gasteiger partial charge in [0.05, 0.1) is 12.7 Å². The Kier molecular flexibility index (Phi) is 3.76. The lowest BCUT2D eigenvalue weighted by Gasteiger charge is -2.11. The standard InChI is InChI=1S/C8H17NO/c1-2-3-8-4-5-9-6-7-10-8/h8-9H,2-7H2,1H3. The van der Waals surface area contributed by atoms with E-state index in [9.17, 15) is 0 Å². The molecule has 0 amide bonds. The summed E-state index contributed by atoms with van der Waals surface area (Å²) in [6, 6.07) is 0. The second-order valence-electron chi connectivity index (χ2n) is 2.82. The van der Waals surface area contributed by atoms with Crippen molar-refractivity contribution in [2.75, 3.05) is 19.7 Å². The van der Waals surface area contributed by atoms with Crippen molar-refractivity contribution in [3.05, 3.63) is 0 Å². The van der Waals surface area contributed by atoms with E-state index >= 15 is 0 Å². The Morgan fingerprint density at radius 3 is 3.20 bits per heavy atom. The highest BCUT2D eigenvalue weighted by Crippen LogP contribution is 2.07. The molecule has 1 heterocycles. The van der Waals surface area contributed by atoms with Crippen LogP contribution in [-0.2, 0) is 4.74 Å². The highest BCUT2D eigenvalue weighted by Gasteiger charge is 2.09. The third-order valence-corrected chi connectivity index (χ3v) is 1.89. The molecular formula is C8H17NO. The summed E-state index contributed by atoms with van der Waals surface area (Å²) in [6.07, 6.45) is 4.18. The topological polar surface area (TPSA) is 21.3 Å². The van der Waals surface area contributed by atoms with Crippen molar-refractivity contribution in [1.82, 2.24) is 5.32 Å². The summed E-state index contributed by atoms with van der Waals surface area (Å²) in [5.74, 6) is 0. The van der Waals surface area contributed by atoms with Gasteiger partial charge in [0.2, 0.25) is 0 Å². The molecule has 0 radical (unpaired) electrons. The first-order valence-corrected chi connectivity index (χ1v) is 4.26. The molecule has 0 aromatic heterocycles. The monoisotopic (exact) mass is 143 g/mol. The second kappa shape index (κ2) is 4.69. The molecule has 1 unspecified atom stereocenters. The maximum Gasteiger partial charge on any atom is 0.0594 e. The molecule has 0 aromatic carbocycles. The van der Waals surface area contributed by atoms with Crippen LogP contribution in [0, 0.1) is 0 Å². The summed E-state index contributed by atoms with van der Waals surface area (Å²) < 4.78 is 5.58. The minimum absolute atomic E-state index is 0.528. The Labute approximate surface area is 63.0 Å². The summed E-state index contributed by atoms with van der Waals surface area (Å²) in [6.45, 7) is 5.26. The lowest BCUT2D eigenvalue weighted by molar-refractivity contribution is 0.0582. The fraction of sp³-hybridized carbons (Fsp3) is 1.00. The van der Waals surface area contributed by atoms with Crippen LogP contribution in [0.2, 0.25) is 0 Å². The molecule has 10 heavy (non-hydrogen) atoms. The molecule has 0 aliphatic carbocycles. The molecule has 0 bridgehead atoms. The summed E-state index contributed by atoms with van der Waals surface area (Å²) in [5, 5.41) is 3.31. The first-order chi connectivity index (χ1) is 4.93. The van der Waals surface area contributed by atoms with E-state index in [1.165, 1.54) is 19.3 Å². The normalized spacial score (nSPS) is 27.9. The van der Waals surface area contributed by atoms with Gasteiger partial charge in [-0.2, -0.15) is 0 Å². The number of hydrogen-bond acceptors (Lipinski definition) is 2. The number of rotatable bonds is 2. The lowest BCUT2D eigenvalue weighted by Crippen LogP contribution is -2.16. The van der Waals surface area contributed by atoms with Gasteiger partial charge >= 0.3 is 0 Å². The minimum Gasteiger partial charge on any atom is -0.377 e. The number of nitrogens with one attached hydrogen (secondary N) is 1. The molecule has 1 aliphatic heterocycles. The van der Waals surface area contributed by atoms with Gasteiger partial charge in [-0.05, 0) is 19.4 Å². The van der Waals surface area contributed by atoms with Gasteiger partial charge in [-0.3, -0.25) is 0 Å². The average molecular weight is 143 g/mol. The van der Waals surface area contributed by atoms with Crippen LogP contribution >= 0.6 is 0 Å². The van der Waals surface area contributed by atoms with Crippen molar-refractivity contribution in [2.45, 2.75) is 32.3 Å². The molecule has 1 aliphatic rings. The van der Waals surface area contributed by atoms with Gasteiger partial charge in [-0.25, -0.2) is 0 Å². The maximum atomic E-state index is 5.58. The lowest BCUT2D eigenvalue weighted by atomic mass is 10.1. The second-order valence-corrected chi connectivity index (χ2v) is 2.82. The Hall–Kier alpha value is -0.0800. The van der Waals surface area contributed by atoms with Crippen molar-refractivity contribution in [1.29, 1.82) is 0 Å². The van der Waals surface area contributed by atoms with Crippen LogP contribution in [0.5, 0.6) is 0 Å². The fourth-order valence-electron chi connectivity index (χ4n) is 1.32. The van der Waals surface area contributed by atoms with Gasteiger partial charge in [0.25, 0.3) is 0 Å². The molecular weight excluding hydrogens is 126 g/mol. The van der Waals surface area contributed by atoms with E-state index in [0.29, 0.717) is 6.10 Å². The minimum atomic E-state index is 0.528. The maximum absolute atomic E-state index is 5.58. The predicted molar refractivity (Wildman–Crippen MR) is 42.1 cm³/mol. The highest BCUT2D eigenvalue weighted by molar-refractivity contribution is 4.63. The molecule has 0 saturated carbocycles. The van der Waals surface area contributed by atoms with Crippen LogP contribution in [0.25, 0.3) is 0 Å². The Morgan fingerprint density at radius 2 is 2.40 bits per heavy atom. The van der Waals surface area contributed by atoms with Crippen LogP contribution in [0.3, 0.4) is 0 Å². The van der Waals surface area contributed by atoms with Crippen LogP contribution in [0.4, 0.5) is 0 Å². The molecule has 60 valence electrons. The van der Waals surface area contributed by atoms with Gasteiger partial charge in [-0.15, -0.1) is 0 Å². The number of hydrogen-bond donors (Lipinski definition) is 1. The van der Waals surface area contributed by atoms with Crippen molar-refractivity contribution in [3.8, 4) is 0 Å². The van der Waals surface area contributed by atoms with E-state index in [1.807, 2.05) is 0 Å². The van der Waals surface area contributed by atoms with E-state index in [4.69, 9.17) is 4.74 Å². The molecule has 0 spiro atoms. The summed E-state index contributed by atoms with van der Waals surface area (Å²) >= 11 is 0. The molecule has 1 saturated heterocycles. The SMILES string of the molecule is CCCC1CCNCCO1. The summed E-state index contributed by atoms with van der Waals surface area (Å²) in [7, 11) is 0. The van der Waals surface area contributed by atoms with E-state index in [1.54, 1.807) is 0 Å². The Bertz CT molecular complexity index is 77.3. The van der Waals surface area contributed by atoms with E-state index in [-0.39, 0.29) is 0 Å². The van der Waals surface area contributed by atoms with Gasteiger partial charge in [-0.1, -0.05) is 13.3 Å². The van der Waals surface area contributed by atoms with Crippen LogP contribution in [0.1, 0.15) is 26.2 Å². The molecule has 1 fully saturated rings. The van der Waals surface area contributed by atoms with Gasteiger partial charge in [0.15, 0.2) is 0 Å². The largest absolute Gasteiger partial charge is 0.377 e. The molecule has 1 N–H and O–H groups in total. The van der Waals surface area contributed by atoms with E-state index < -0.39 is 0 Å². The summed E-state index contributed by atoms with van der Waals surface area (Å²) in [5.41, 5.74) is 0. The third kappa shape index (κ3) is 2.67. The third-order valence-electron chi connectivity index (χ3n) is 1.89. The molecule has 1 atom stereocenters. The zero-order valence-corrected chi connectivity index (χ0v) is 6.73. The van der Waals surface area contributed by atoms with Gasteiger partial charge < -0.3 is 10.1 Å². The number of ether oxygens (including phenoxy) is 1.